The SMILES string of the molecule is CCC1CC(=O)/C(=C\C=C2/Sc3ccccc3N2CC)N(CC)C1=S. The largest absolute Gasteiger partial charge is 0.335 e. The number of rotatable bonds is 4. The fourth-order valence-electron chi connectivity index (χ4n) is 3.39. The van der Waals surface area contributed by atoms with Crippen molar-refractivity contribution in [2.75, 3.05) is 18.0 Å². The third-order valence-corrected chi connectivity index (χ3v) is 6.45. The second-order valence-corrected chi connectivity index (χ2v) is 7.67. The molecule has 0 saturated carbocycles. The number of likely N-dealkylation sites (N-methyl/N-ethyl adjacent to an activating group) is 1. The van der Waals surface area contributed by atoms with E-state index in [4.69, 9.17) is 12.2 Å². The number of nitrogens with zero attached hydrogens (tertiary/aromatic N) is 2. The highest BCUT2D eigenvalue weighted by Crippen LogP contribution is 2.45. The van der Waals surface area contributed by atoms with Crippen LogP contribution in [0.4, 0.5) is 5.69 Å². The Labute approximate surface area is 159 Å². The molecule has 1 atom stereocenters. The van der Waals surface area contributed by atoms with Crippen LogP contribution in [0.2, 0.25) is 0 Å². The zero-order chi connectivity index (χ0) is 18.0. The van der Waals surface area contributed by atoms with Crippen molar-refractivity contribution in [1.82, 2.24) is 4.90 Å². The summed E-state index contributed by atoms with van der Waals surface area (Å²) < 4.78 is 0. The van der Waals surface area contributed by atoms with Crippen LogP contribution in [0, 0.1) is 5.92 Å². The molecule has 0 N–H and O–H groups in total. The van der Waals surface area contributed by atoms with E-state index in [0.29, 0.717) is 6.42 Å². The minimum Gasteiger partial charge on any atom is -0.335 e. The van der Waals surface area contributed by atoms with Gasteiger partial charge in [-0.3, -0.25) is 4.79 Å². The van der Waals surface area contributed by atoms with E-state index in [0.717, 1.165) is 35.2 Å². The van der Waals surface area contributed by atoms with Crippen LogP contribution in [0.5, 0.6) is 0 Å². The number of carbonyl (C=O) groups excluding carboxylic acids is 1. The Morgan fingerprint density at radius 3 is 2.56 bits per heavy atom. The minimum atomic E-state index is 0.197. The summed E-state index contributed by atoms with van der Waals surface area (Å²) in [4.78, 5) is 19.1. The van der Waals surface area contributed by atoms with Crippen LogP contribution in [-0.2, 0) is 4.79 Å². The number of piperidine rings is 1. The van der Waals surface area contributed by atoms with Crippen LogP contribution >= 0.6 is 24.0 Å². The molecule has 3 rings (SSSR count). The topological polar surface area (TPSA) is 23.6 Å². The number of likely N-dealkylation sites (tertiary alicyclic amines) is 1. The first-order valence-electron chi connectivity index (χ1n) is 8.91. The normalized spacial score (nSPS) is 23.7. The second kappa shape index (κ2) is 7.75. The molecule has 0 amide bonds. The van der Waals surface area contributed by atoms with Gasteiger partial charge in [0.2, 0.25) is 0 Å². The highest BCUT2D eigenvalue weighted by atomic mass is 32.2. The Kier molecular flexibility index (Phi) is 5.64. The molecule has 2 aliphatic rings. The molecule has 132 valence electrons. The first-order chi connectivity index (χ1) is 12.1. The van der Waals surface area contributed by atoms with Crippen LogP contribution in [-0.4, -0.2) is 28.8 Å². The maximum atomic E-state index is 12.6. The number of hydrogen-bond acceptors (Lipinski definition) is 4. The fraction of sp³-hybridized carbons (Fsp3) is 0.400. The van der Waals surface area contributed by atoms with E-state index in [2.05, 4.69) is 56.0 Å². The Hall–Kier alpha value is -1.59. The maximum Gasteiger partial charge on any atom is 0.179 e. The van der Waals surface area contributed by atoms with Gasteiger partial charge in [-0.05, 0) is 44.6 Å². The number of carbonyl (C=O) groups is 1. The van der Waals surface area contributed by atoms with Crippen molar-refractivity contribution in [2.24, 2.45) is 5.92 Å². The van der Waals surface area contributed by atoms with E-state index in [9.17, 15) is 4.79 Å². The molecule has 1 aromatic rings. The average Bonchev–Trinajstić information content (AvgIpc) is 2.99. The summed E-state index contributed by atoms with van der Waals surface area (Å²) in [6, 6.07) is 8.41. The molecule has 0 radical (unpaired) electrons. The van der Waals surface area contributed by atoms with Crippen molar-refractivity contribution >= 4 is 40.4 Å². The van der Waals surface area contributed by atoms with Crippen molar-refractivity contribution in [1.29, 1.82) is 0 Å². The molecule has 0 spiro atoms. The number of thioether (sulfide) groups is 1. The van der Waals surface area contributed by atoms with Crippen molar-refractivity contribution in [3.8, 4) is 0 Å². The lowest BCUT2D eigenvalue weighted by atomic mass is 9.92. The lowest BCUT2D eigenvalue weighted by Gasteiger charge is -2.35. The van der Waals surface area contributed by atoms with E-state index in [1.807, 2.05) is 11.0 Å². The van der Waals surface area contributed by atoms with Crippen molar-refractivity contribution in [2.45, 2.75) is 38.5 Å². The van der Waals surface area contributed by atoms with Gasteiger partial charge in [-0.15, -0.1) is 0 Å². The molecule has 2 aliphatic heterocycles. The van der Waals surface area contributed by atoms with Crippen molar-refractivity contribution in [3.05, 3.63) is 47.1 Å². The van der Waals surface area contributed by atoms with Crippen molar-refractivity contribution < 1.29 is 4.79 Å². The predicted octanol–water partition coefficient (Wildman–Crippen LogP) is 4.99. The molecule has 5 heteroatoms. The van der Waals surface area contributed by atoms with Crippen LogP contribution < -0.4 is 4.90 Å². The molecule has 0 bridgehead atoms. The van der Waals surface area contributed by atoms with Crippen molar-refractivity contribution in [3.63, 3.8) is 0 Å². The van der Waals surface area contributed by atoms with E-state index < -0.39 is 0 Å². The van der Waals surface area contributed by atoms with Gasteiger partial charge >= 0.3 is 0 Å². The molecule has 0 aromatic heterocycles. The van der Waals surface area contributed by atoms with Gasteiger partial charge in [0.15, 0.2) is 5.78 Å². The van der Waals surface area contributed by atoms with E-state index >= 15 is 0 Å². The first kappa shape index (κ1) is 18.2. The van der Waals surface area contributed by atoms with E-state index in [1.165, 1.54) is 10.6 Å². The molecule has 25 heavy (non-hydrogen) atoms. The zero-order valence-electron chi connectivity index (χ0n) is 15.0. The number of allylic oxidation sites excluding steroid dienone is 3. The van der Waals surface area contributed by atoms with Crippen LogP contribution in [0.25, 0.3) is 0 Å². The molecule has 2 heterocycles. The Balaban J connectivity index is 1.91. The number of benzene rings is 1. The third kappa shape index (κ3) is 3.40. The lowest BCUT2D eigenvalue weighted by molar-refractivity contribution is -0.117. The molecule has 0 aliphatic carbocycles. The first-order valence-corrected chi connectivity index (χ1v) is 10.1. The number of fused-ring (bicyclic) bond motifs is 1. The second-order valence-electron chi connectivity index (χ2n) is 6.19. The van der Waals surface area contributed by atoms with E-state index in [1.54, 1.807) is 11.8 Å². The lowest BCUT2D eigenvalue weighted by Crippen LogP contribution is -2.42. The quantitative estimate of drug-likeness (QED) is 0.547. The number of Topliss-reactive ketones (excluding diaryl/α,β-unsaturated/α-hetero) is 1. The van der Waals surface area contributed by atoms with E-state index in [-0.39, 0.29) is 11.7 Å². The standard InChI is InChI=1S/C20H24N2OS2/c1-4-14-13-17(23)15(22(6-3)20(14)24)11-12-19-21(5-2)16-9-7-8-10-18(16)25-19/h7-12,14H,4-6,13H2,1-3H3/b15-11+,19-12-. The van der Waals surface area contributed by atoms with Crippen LogP contribution in [0.15, 0.2) is 52.0 Å². The molecule has 3 nitrogen and oxygen atoms in total. The van der Waals surface area contributed by atoms with Gasteiger partial charge in [-0.2, -0.15) is 0 Å². The minimum absolute atomic E-state index is 0.197. The molecular weight excluding hydrogens is 348 g/mol. The van der Waals surface area contributed by atoms with Gasteiger partial charge in [0.05, 0.1) is 21.4 Å². The monoisotopic (exact) mass is 372 g/mol. The zero-order valence-corrected chi connectivity index (χ0v) is 16.6. The summed E-state index contributed by atoms with van der Waals surface area (Å²) in [7, 11) is 0. The summed E-state index contributed by atoms with van der Waals surface area (Å²) >= 11 is 7.38. The van der Waals surface area contributed by atoms with Gasteiger partial charge in [-0.1, -0.05) is 43.0 Å². The van der Waals surface area contributed by atoms with Gasteiger partial charge in [-0.25, -0.2) is 0 Å². The Bertz CT molecular complexity index is 754. The number of hydrogen-bond donors (Lipinski definition) is 0. The molecule has 1 unspecified atom stereocenters. The van der Waals surface area contributed by atoms with Crippen LogP contribution in [0.1, 0.15) is 33.6 Å². The summed E-state index contributed by atoms with van der Waals surface area (Å²) in [5, 5.41) is 1.16. The highest BCUT2D eigenvalue weighted by molar-refractivity contribution is 8.03. The average molecular weight is 373 g/mol. The number of anilines is 1. The van der Waals surface area contributed by atoms with Gasteiger partial charge in [0.1, 0.15) is 0 Å². The number of thiocarbonyl (C=S) groups is 1. The molecule has 1 aromatic carbocycles. The van der Waals surface area contributed by atoms with Crippen LogP contribution in [0.3, 0.4) is 0 Å². The Morgan fingerprint density at radius 2 is 1.88 bits per heavy atom. The Morgan fingerprint density at radius 1 is 1.16 bits per heavy atom. The fourth-order valence-corrected chi connectivity index (χ4v) is 4.99. The molecule has 1 fully saturated rings. The maximum absolute atomic E-state index is 12.6. The van der Waals surface area contributed by atoms with Gasteiger partial charge in [0, 0.05) is 30.3 Å². The molecule has 1 saturated heterocycles. The number of ketones is 1. The summed E-state index contributed by atoms with van der Waals surface area (Å²) in [5.41, 5.74) is 1.97. The third-order valence-electron chi connectivity index (χ3n) is 4.77. The predicted molar refractivity (Wildman–Crippen MR) is 110 cm³/mol. The highest BCUT2D eigenvalue weighted by Gasteiger charge is 2.32. The van der Waals surface area contributed by atoms with Gasteiger partial charge < -0.3 is 9.80 Å². The smallest absolute Gasteiger partial charge is 0.179 e. The number of para-hydroxylation sites is 1. The van der Waals surface area contributed by atoms with Gasteiger partial charge in [0.25, 0.3) is 0 Å². The summed E-state index contributed by atoms with van der Waals surface area (Å²) in [6.45, 7) is 7.94. The summed E-state index contributed by atoms with van der Waals surface area (Å²) in [5.74, 6) is 0.396. The molecular formula is C20H24N2OS2. The summed E-state index contributed by atoms with van der Waals surface area (Å²) in [6.07, 6.45) is 5.48.